The van der Waals surface area contributed by atoms with Crippen LogP contribution in [0.1, 0.15) is 11.1 Å². The normalized spacial score (nSPS) is 11.3. The van der Waals surface area contributed by atoms with E-state index in [-0.39, 0.29) is 11.4 Å². The van der Waals surface area contributed by atoms with Gasteiger partial charge < -0.3 is 15.7 Å². The standard InChI is InChI=1S/C17H14BrF3N4O3/c18-12-4-5-14(26)10(6-12)8-23-25-15(27)9-22-16(28)24-13-3-1-2-11(7-13)17(19,20)21/h1-8,26H,9H2,(H,25,27)(H2,22,24,28). The van der Waals surface area contributed by atoms with E-state index in [0.717, 1.165) is 18.2 Å². The van der Waals surface area contributed by atoms with Crippen molar-refractivity contribution < 1.29 is 27.9 Å². The van der Waals surface area contributed by atoms with Gasteiger partial charge in [0.25, 0.3) is 5.91 Å². The lowest BCUT2D eigenvalue weighted by atomic mass is 10.2. The average Bonchev–Trinajstić information content (AvgIpc) is 2.62. The molecular formula is C17H14BrF3N4O3. The van der Waals surface area contributed by atoms with E-state index in [0.29, 0.717) is 10.0 Å². The Kier molecular flexibility index (Phi) is 6.99. The monoisotopic (exact) mass is 458 g/mol. The lowest BCUT2D eigenvalue weighted by Gasteiger charge is -2.10. The number of carbonyl (C=O) groups excluding carboxylic acids is 2. The molecule has 0 aliphatic rings. The lowest BCUT2D eigenvalue weighted by molar-refractivity contribution is -0.137. The molecule has 148 valence electrons. The number of anilines is 1. The summed E-state index contributed by atoms with van der Waals surface area (Å²) in [4.78, 5) is 23.3. The molecule has 2 aromatic rings. The van der Waals surface area contributed by atoms with Crippen LogP contribution in [0.2, 0.25) is 0 Å². The maximum atomic E-state index is 12.6. The van der Waals surface area contributed by atoms with E-state index in [1.54, 1.807) is 12.1 Å². The van der Waals surface area contributed by atoms with Crippen LogP contribution in [-0.2, 0) is 11.0 Å². The number of hydrogen-bond donors (Lipinski definition) is 4. The summed E-state index contributed by atoms with van der Waals surface area (Å²) in [7, 11) is 0. The second kappa shape index (κ2) is 9.22. The van der Waals surface area contributed by atoms with Crippen molar-refractivity contribution in [3.8, 4) is 5.75 Å². The number of phenols is 1. The molecule has 0 unspecified atom stereocenters. The summed E-state index contributed by atoms with van der Waals surface area (Å²) in [6.07, 6.45) is -3.32. The van der Waals surface area contributed by atoms with Gasteiger partial charge in [0.15, 0.2) is 0 Å². The number of hydrogen-bond acceptors (Lipinski definition) is 4. The highest BCUT2D eigenvalue weighted by Crippen LogP contribution is 2.30. The van der Waals surface area contributed by atoms with E-state index < -0.39 is 30.2 Å². The number of benzene rings is 2. The second-order valence-electron chi connectivity index (χ2n) is 5.38. The van der Waals surface area contributed by atoms with E-state index in [1.165, 1.54) is 18.3 Å². The third-order valence-corrected chi connectivity index (χ3v) is 3.73. The molecule has 0 bridgehead atoms. The van der Waals surface area contributed by atoms with Crippen LogP contribution in [0.15, 0.2) is 52.0 Å². The van der Waals surface area contributed by atoms with Crippen molar-refractivity contribution in [3.63, 3.8) is 0 Å². The molecule has 3 amide bonds. The summed E-state index contributed by atoms with van der Waals surface area (Å²) in [6, 6.07) is 7.85. The predicted molar refractivity (Wildman–Crippen MR) is 100 cm³/mol. The number of nitrogens with one attached hydrogen (secondary N) is 3. The van der Waals surface area contributed by atoms with E-state index in [9.17, 15) is 27.9 Å². The van der Waals surface area contributed by atoms with Gasteiger partial charge in [-0.15, -0.1) is 0 Å². The summed E-state index contributed by atoms with van der Waals surface area (Å²) in [5.74, 6) is -0.718. The van der Waals surface area contributed by atoms with Crippen LogP contribution in [0.5, 0.6) is 5.75 Å². The molecule has 0 fully saturated rings. The molecule has 0 aliphatic heterocycles. The third kappa shape index (κ3) is 6.58. The van der Waals surface area contributed by atoms with Gasteiger partial charge in [-0.2, -0.15) is 18.3 Å². The predicted octanol–water partition coefficient (Wildman–Crippen LogP) is 3.45. The van der Waals surface area contributed by atoms with Gasteiger partial charge in [-0.1, -0.05) is 22.0 Å². The van der Waals surface area contributed by atoms with E-state index >= 15 is 0 Å². The van der Waals surface area contributed by atoms with Crippen molar-refractivity contribution in [3.05, 3.63) is 58.1 Å². The van der Waals surface area contributed by atoms with Crippen molar-refractivity contribution in [2.24, 2.45) is 5.10 Å². The van der Waals surface area contributed by atoms with Crippen molar-refractivity contribution in [2.75, 3.05) is 11.9 Å². The first-order valence-electron chi connectivity index (χ1n) is 7.67. The number of nitrogens with zero attached hydrogens (tertiary/aromatic N) is 1. The number of carbonyl (C=O) groups is 2. The molecule has 0 aromatic heterocycles. The minimum atomic E-state index is -4.53. The van der Waals surface area contributed by atoms with Gasteiger partial charge in [0.2, 0.25) is 0 Å². The summed E-state index contributed by atoms with van der Waals surface area (Å²) in [6.45, 7) is -0.466. The fourth-order valence-corrected chi connectivity index (χ4v) is 2.33. The molecule has 7 nitrogen and oxygen atoms in total. The van der Waals surface area contributed by atoms with E-state index in [2.05, 4.69) is 37.1 Å². The Morgan fingerprint density at radius 1 is 1.18 bits per heavy atom. The van der Waals surface area contributed by atoms with E-state index in [4.69, 9.17) is 0 Å². The van der Waals surface area contributed by atoms with Gasteiger partial charge in [-0.25, -0.2) is 10.2 Å². The van der Waals surface area contributed by atoms with Gasteiger partial charge in [0.05, 0.1) is 11.8 Å². The van der Waals surface area contributed by atoms with Crippen LogP contribution in [0.3, 0.4) is 0 Å². The quantitative estimate of drug-likeness (QED) is 0.407. The van der Waals surface area contributed by atoms with Gasteiger partial charge in [-0.05, 0) is 36.4 Å². The summed E-state index contributed by atoms with van der Waals surface area (Å²) in [5, 5.41) is 17.7. The Bertz CT molecular complexity index is 903. The fourth-order valence-electron chi connectivity index (χ4n) is 1.95. The number of phenolic OH excluding ortho intramolecular Hbond substituents is 1. The molecule has 2 aromatic carbocycles. The number of halogens is 4. The summed E-state index contributed by atoms with van der Waals surface area (Å²) >= 11 is 3.22. The zero-order valence-corrected chi connectivity index (χ0v) is 15.6. The van der Waals surface area contributed by atoms with Crippen LogP contribution in [0.25, 0.3) is 0 Å². The third-order valence-electron chi connectivity index (χ3n) is 3.24. The molecule has 0 saturated heterocycles. The SMILES string of the molecule is O=C(CNC(=O)Nc1cccc(C(F)(F)F)c1)NN=Cc1cc(Br)ccc1O. The molecule has 0 spiro atoms. The summed E-state index contributed by atoms with van der Waals surface area (Å²) in [5.41, 5.74) is 1.51. The Balaban J connectivity index is 1.82. The molecule has 0 aliphatic carbocycles. The van der Waals surface area contributed by atoms with Gasteiger partial charge in [0, 0.05) is 15.7 Å². The van der Waals surface area contributed by atoms with Crippen LogP contribution in [0, 0.1) is 0 Å². The molecule has 0 radical (unpaired) electrons. The highest BCUT2D eigenvalue weighted by atomic mass is 79.9. The highest BCUT2D eigenvalue weighted by Gasteiger charge is 2.30. The Morgan fingerprint density at radius 3 is 2.64 bits per heavy atom. The number of rotatable bonds is 5. The number of amides is 3. The first-order chi connectivity index (χ1) is 13.1. The van der Waals surface area contributed by atoms with Gasteiger partial charge >= 0.3 is 12.2 Å². The van der Waals surface area contributed by atoms with Crippen molar-refractivity contribution in [1.82, 2.24) is 10.7 Å². The lowest BCUT2D eigenvalue weighted by Crippen LogP contribution is -2.37. The van der Waals surface area contributed by atoms with Crippen LogP contribution in [0.4, 0.5) is 23.7 Å². The molecule has 2 rings (SSSR count). The Labute approximate surface area is 165 Å². The average molecular weight is 459 g/mol. The van der Waals surface area contributed by atoms with Gasteiger partial charge in [-0.3, -0.25) is 4.79 Å². The summed E-state index contributed by atoms with van der Waals surface area (Å²) < 4.78 is 38.6. The molecule has 11 heteroatoms. The van der Waals surface area contributed by atoms with Crippen LogP contribution < -0.4 is 16.1 Å². The van der Waals surface area contributed by atoms with Crippen LogP contribution in [-0.4, -0.2) is 29.8 Å². The largest absolute Gasteiger partial charge is 0.507 e. The number of aromatic hydroxyl groups is 1. The molecule has 0 atom stereocenters. The van der Waals surface area contributed by atoms with E-state index in [1.807, 2.05) is 0 Å². The Hall–Kier alpha value is -3.08. The first kappa shape index (κ1) is 21.2. The molecule has 4 N–H and O–H groups in total. The Morgan fingerprint density at radius 2 is 1.93 bits per heavy atom. The maximum Gasteiger partial charge on any atom is 0.416 e. The molecule has 0 heterocycles. The topological polar surface area (TPSA) is 103 Å². The molecular weight excluding hydrogens is 445 g/mol. The number of hydrazone groups is 1. The number of urea groups is 1. The first-order valence-corrected chi connectivity index (χ1v) is 8.47. The second-order valence-corrected chi connectivity index (χ2v) is 6.30. The number of alkyl halides is 3. The minimum Gasteiger partial charge on any atom is -0.507 e. The van der Waals surface area contributed by atoms with Crippen molar-refractivity contribution >= 4 is 39.8 Å². The zero-order valence-electron chi connectivity index (χ0n) is 14.0. The highest BCUT2D eigenvalue weighted by molar-refractivity contribution is 9.10. The van der Waals surface area contributed by atoms with Gasteiger partial charge in [0.1, 0.15) is 12.3 Å². The maximum absolute atomic E-state index is 12.6. The van der Waals surface area contributed by atoms with Crippen molar-refractivity contribution in [2.45, 2.75) is 6.18 Å². The zero-order chi connectivity index (χ0) is 20.7. The fraction of sp³-hybridized carbons (Fsp3) is 0.118. The van der Waals surface area contributed by atoms with Crippen LogP contribution >= 0.6 is 15.9 Å². The smallest absolute Gasteiger partial charge is 0.416 e. The molecule has 28 heavy (non-hydrogen) atoms. The minimum absolute atomic E-state index is 0.0419. The van der Waals surface area contributed by atoms with Crippen molar-refractivity contribution in [1.29, 1.82) is 0 Å². The molecule has 0 saturated carbocycles.